The van der Waals surface area contributed by atoms with E-state index in [-0.39, 0.29) is 5.91 Å². The summed E-state index contributed by atoms with van der Waals surface area (Å²) in [4.78, 5) is 12.7. The highest BCUT2D eigenvalue weighted by atomic mass is 35.5. The van der Waals surface area contributed by atoms with Crippen molar-refractivity contribution in [3.05, 3.63) is 28.2 Å². The van der Waals surface area contributed by atoms with E-state index in [4.69, 9.17) is 28.9 Å². The van der Waals surface area contributed by atoms with E-state index in [2.05, 4.69) is 5.32 Å². The van der Waals surface area contributed by atoms with Gasteiger partial charge in [0.15, 0.2) is 0 Å². The lowest BCUT2D eigenvalue weighted by molar-refractivity contribution is -0.124. The maximum absolute atomic E-state index is 11.8. The van der Waals surface area contributed by atoms with Gasteiger partial charge in [0.2, 0.25) is 5.91 Å². The Kier molecular flexibility index (Phi) is 4.66. The van der Waals surface area contributed by atoms with Crippen molar-refractivity contribution in [1.82, 2.24) is 5.32 Å². The van der Waals surface area contributed by atoms with Crippen molar-refractivity contribution in [1.29, 1.82) is 0 Å². The molecule has 1 unspecified atom stereocenters. The van der Waals surface area contributed by atoms with Crippen molar-refractivity contribution in [2.24, 2.45) is 11.7 Å². The van der Waals surface area contributed by atoms with E-state index < -0.39 is 5.54 Å². The van der Waals surface area contributed by atoms with Gasteiger partial charge in [-0.05, 0) is 44.0 Å². The molecule has 1 aliphatic rings. The predicted octanol–water partition coefficient (Wildman–Crippen LogP) is 2.94. The molecule has 0 radical (unpaired) electrons. The number of primary amides is 1. The summed E-state index contributed by atoms with van der Waals surface area (Å²) in [5.74, 6) is 0.576. The van der Waals surface area contributed by atoms with Crippen LogP contribution in [0.1, 0.15) is 12.8 Å². The van der Waals surface area contributed by atoms with Gasteiger partial charge in [0.25, 0.3) is 0 Å². The number of benzene rings is 1. The molecule has 0 saturated heterocycles. The van der Waals surface area contributed by atoms with Crippen LogP contribution in [0.25, 0.3) is 0 Å². The number of amides is 1. The second-order valence-corrected chi connectivity index (χ2v) is 6.58. The fourth-order valence-electron chi connectivity index (χ4n) is 2.15. The van der Waals surface area contributed by atoms with Gasteiger partial charge in [-0.1, -0.05) is 23.2 Å². The molecule has 0 spiro atoms. The zero-order valence-electron chi connectivity index (χ0n) is 10.6. The Balaban J connectivity index is 2.15. The molecule has 0 heterocycles. The number of carbonyl (C=O) groups is 1. The van der Waals surface area contributed by atoms with E-state index in [0.29, 0.717) is 21.7 Å². The maximum Gasteiger partial charge on any atom is 0.238 e. The van der Waals surface area contributed by atoms with Crippen LogP contribution < -0.4 is 11.1 Å². The lowest BCUT2D eigenvalue weighted by Gasteiger charge is -2.30. The molecule has 1 aromatic rings. The minimum absolute atomic E-state index is 0.303. The Hall–Kier alpha value is -0.420. The number of nitrogens with two attached hydrogens (primary N) is 1. The lowest BCUT2D eigenvalue weighted by atomic mass is 9.95. The zero-order valence-corrected chi connectivity index (χ0v) is 12.9. The van der Waals surface area contributed by atoms with Crippen LogP contribution in [0, 0.1) is 5.92 Å². The lowest BCUT2D eigenvalue weighted by Crippen LogP contribution is -2.57. The molecule has 1 fully saturated rings. The van der Waals surface area contributed by atoms with Crippen LogP contribution in [0.15, 0.2) is 23.1 Å². The Labute approximate surface area is 127 Å². The van der Waals surface area contributed by atoms with Gasteiger partial charge in [0, 0.05) is 15.7 Å². The molecule has 19 heavy (non-hydrogen) atoms. The molecule has 104 valence electrons. The number of halogens is 2. The predicted molar refractivity (Wildman–Crippen MR) is 80.9 cm³/mol. The van der Waals surface area contributed by atoms with Crippen molar-refractivity contribution < 1.29 is 4.79 Å². The molecule has 2 rings (SSSR count). The molecular formula is C13H16Cl2N2OS. The fraction of sp³-hybridized carbons (Fsp3) is 0.462. The number of likely N-dealkylation sites (N-methyl/N-ethyl adjacent to an activating group) is 1. The van der Waals surface area contributed by atoms with Gasteiger partial charge in [-0.15, -0.1) is 11.8 Å². The first kappa shape index (κ1) is 15.0. The standard InChI is InChI=1S/C13H16Cl2N2OS/c1-17-13(12(16)18,8-2-3-8)7-19-11-6-9(14)4-5-10(11)15/h4-6,8,17H,2-3,7H2,1H3,(H2,16,18). The zero-order chi connectivity index (χ0) is 14.0. The number of nitrogens with one attached hydrogen (secondary N) is 1. The van der Waals surface area contributed by atoms with Crippen LogP contribution in [0.2, 0.25) is 10.0 Å². The van der Waals surface area contributed by atoms with Crippen molar-refractivity contribution in [2.75, 3.05) is 12.8 Å². The Bertz CT molecular complexity index is 494. The molecule has 6 heteroatoms. The molecule has 0 aliphatic heterocycles. The quantitative estimate of drug-likeness (QED) is 0.793. The summed E-state index contributed by atoms with van der Waals surface area (Å²) in [7, 11) is 1.78. The van der Waals surface area contributed by atoms with E-state index in [1.165, 1.54) is 11.8 Å². The minimum Gasteiger partial charge on any atom is -0.368 e. The number of thioether (sulfide) groups is 1. The van der Waals surface area contributed by atoms with Crippen molar-refractivity contribution in [3.8, 4) is 0 Å². The van der Waals surface area contributed by atoms with Crippen LogP contribution >= 0.6 is 35.0 Å². The maximum atomic E-state index is 11.8. The van der Waals surface area contributed by atoms with E-state index >= 15 is 0 Å². The molecule has 3 nitrogen and oxygen atoms in total. The van der Waals surface area contributed by atoms with Gasteiger partial charge in [-0.2, -0.15) is 0 Å². The highest BCUT2D eigenvalue weighted by Gasteiger charge is 2.48. The highest BCUT2D eigenvalue weighted by Crippen LogP contribution is 2.43. The van der Waals surface area contributed by atoms with Crippen molar-refractivity contribution in [2.45, 2.75) is 23.3 Å². The summed E-state index contributed by atoms with van der Waals surface area (Å²) in [6, 6.07) is 5.31. The van der Waals surface area contributed by atoms with Crippen LogP contribution in [0.4, 0.5) is 0 Å². The summed E-state index contributed by atoms with van der Waals surface area (Å²) < 4.78 is 0. The third kappa shape index (κ3) is 3.19. The molecule has 1 aliphatic carbocycles. The number of carbonyl (C=O) groups excluding carboxylic acids is 1. The van der Waals surface area contributed by atoms with E-state index in [1.807, 2.05) is 6.07 Å². The largest absolute Gasteiger partial charge is 0.368 e. The van der Waals surface area contributed by atoms with Gasteiger partial charge in [0.1, 0.15) is 5.54 Å². The van der Waals surface area contributed by atoms with Gasteiger partial charge in [-0.25, -0.2) is 0 Å². The normalized spacial score (nSPS) is 18.1. The summed E-state index contributed by atoms with van der Waals surface area (Å²) in [5.41, 5.74) is 4.92. The van der Waals surface area contributed by atoms with Gasteiger partial charge >= 0.3 is 0 Å². The fourth-order valence-corrected chi connectivity index (χ4v) is 3.98. The SMILES string of the molecule is CNC(CSc1cc(Cl)ccc1Cl)(C(N)=O)C1CC1. The molecule has 1 atom stereocenters. The number of hydrogen-bond acceptors (Lipinski definition) is 3. The van der Waals surface area contributed by atoms with Crippen molar-refractivity contribution in [3.63, 3.8) is 0 Å². The molecule has 1 aromatic carbocycles. The summed E-state index contributed by atoms with van der Waals surface area (Å²) in [6.45, 7) is 0. The first-order valence-electron chi connectivity index (χ1n) is 6.06. The van der Waals surface area contributed by atoms with Gasteiger partial charge in [-0.3, -0.25) is 4.79 Å². The minimum atomic E-state index is -0.656. The molecule has 1 saturated carbocycles. The van der Waals surface area contributed by atoms with E-state index in [9.17, 15) is 4.79 Å². The monoisotopic (exact) mass is 318 g/mol. The second kappa shape index (κ2) is 5.92. The summed E-state index contributed by atoms with van der Waals surface area (Å²) >= 11 is 13.6. The van der Waals surface area contributed by atoms with E-state index in [0.717, 1.165) is 17.7 Å². The Morgan fingerprint density at radius 3 is 2.74 bits per heavy atom. The van der Waals surface area contributed by atoms with Crippen molar-refractivity contribution >= 4 is 40.9 Å². The second-order valence-electron chi connectivity index (χ2n) is 4.72. The van der Waals surface area contributed by atoms with Gasteiger partial charge in [0.05, 0.1) is 5.02 Å². The first-order valence-corrected chi connectivity index (χ1v) is 7.80. The summed E-state index contributed by atoms with van der Waals surface area (Å²) in [6.07, 6.45) is 2.07. The molecule has 0 aromatic heterocycles. The highest BCUT2D eigenvalue weighted by molar-refractivity contribution is 7.99. The van der Waals surface area contributed by atoms with Crippen LogP contribution in [0.5, 0.6) is 0 Å². The first-order chi connectivity index (χ1) is 8.99. The average Bonchev–Trinajstić information content (AvgIpc) is 3.19. The molecular weight excluding hydrogens is 303 g/mol. The topological polar surface area (TPSA) is 55.1 Å². The molecule has 3 N–H and O–H groups in total. The van der Waals surface area contributed by atoms with Crippen LogP contribution in [-0.2, 0) is 4.79 Å². The average molecular weight is 319 g/mol. The third-order valence-corrected chi connectivity index (χ3v) is 5.43. The van der Waals surface area contributed by atoms with Crippen LogP contribution in [0.3, 0.4) is 0 Å². The smallest absolute Gasteiger partial charge is 0.238 e. The molecule has 1 amide bonds. The number of rotatable bonds is 6. The van der Waals surface area contributed by atoms with Crippen LogP contribution in [-0.4, -0.2) is 24.2 Å². The third-order valence-electron chi connectivity index (χ3n) is 3.51. The Morgan fingerprint density at radius 2 is 2.21 bits per heavy atom. The summed E-state index contributed by atoms with van der Waals surface area (Å²) in [5, 5.41) is 4.38. The van der Waals surface area contributed by atoms with Gasteiger partial charge < -0.3 is 11.1 Å². The van der Waals surface area contributed by atoms with E-state index in [1.54, 1.807) is 19.2 Å². The Morgan fingerprint density at radius 1 is 1.53 bits per heavy atom. The number of hydrogen-bond donors (Lipinski definition) is 2. The molecule has 0 bridgehead atoms.